The predicted molar refractivity (Wildman–Crippen MR) is 79.5 cm³/mol. The van der Waals surface area contributed by atoms with Gasteiger partial charge in [0.15, 0.2) is 0 Å². The van der Waals surface area contributed by atoms with Gasteiger partial charge in [-0.25, -0.2) is 0 Å². The molecule has 18 heavy (non-hydrogen) atoms. The molecule has 0 spiro atoms. The standard InChI is InChI=1S/C17H21N/c1-4-5-6-7-8-13(2)15-9-10-16-14(3)12-18-17(16)11-15/h4-7,10-12,15,18H,2,8-9H2,1,3H3/b5-4-,7-6?. The van der Waals surface area contributed by atoms with Crippen LogP contribution in [-0.4, -0.2) is 4.98 Å². The number of aromatic amines is 1. The molecule has 1 heteroatoms. The quantitative estimate of drug-likeness (QED) is 0.614. The summed E-state index contributed by atoms with van der Waals surface area (Å²) in [7, 11) is 0. The molecule has 1 atom stereocenters. The number of H-pyrrole nitrogens is 1. The van der Waals surface area contributed by atoms with Crippen LogP contribution in [0.4, 0.5) is 0 Å². The highest BCUT2D eigenvalue weighted by atomic mass is 14.7. The summed E-state index contributed by atoms with van der Waals surface area (Å²) in [5.41, 5.74) is 2.61. The van der Waals surface area contributed by atoms with Gasteiger partial charge in [-0.15, -0.1) is 0 Å². The van der Waals surface area contributed by atoms with Gasteiger partial charge >= 0.3 is 0 Å². The van der Waals surface area contributed by atoms with E-state index in [1.54, 1.807) is 0 Å². The molecule has 0 bridgehead atoms. The van der Waals surface area contributed by atoms with Crippen LogP contribution in [0.1, 0.15) is 25.3 Å². The van der Waals surface area contributed by atoms with E-state index < -0.39 is 0 Å². The smallest absolute Gasteiger partial charge is 0.0419 e. The number of allylic oxidation sites excluding steroid dienone is 5. The zero-order chi connectivity index (χ0) is 13.0. The van der Waals surface area contributed by atoms with Gasteiger partial charge in [-0.3, -0.25) is 0 Å². The molecule has 1 heterocycles. The lowest BCUT2D eigenvalue weighted by atomic mass is 9.90. The van der Waals surface area contributed by atoms with Crippen molar-refractivity contribution < 1.29 is 0 Å². The van der Waals surface area contributed by atoms with Gasteiger partial charge in [-0.05, 0) is 37.5 Å². The molecule has 2 rings (SSSR count). The Morgan fingerprint density at radius 1 is 1.50 bits per heavy atom. The van der Waals surface area contributed by atoms with Crippen molar-refractivity contribution in [3.8, 4) is 0 Å². The molecule has 0 amide bonds. The van der Waals surface area contributed by atoms with Crippen molar-refractivity contribution in [2.45, 2.75) is 26.7 Å². The fourth-order valence-electron chi connectivity index (χ4n) is 2.32. The lowest BCUT2D eigenvalue weighted by molar-refractivity contribution is 0.806. The van der Waals surface area contributed by atoms with E-state index in [0.717, 1.165) is 12.8 Å². The van der Waals surface area contributed by atoms with Crippen molar-refractivity contribution in [1.82, 2.24) is 4.98 Å². The van der Waals surface area contributed by atoms with Gasteiger partial charge in [-0.2, -0.15) is 0 Å². The first-order chi connectivity index (χ1) is 8.72. The molecule has 1 aromatic heterocycles. The number of aryl methyl sites for hydroxylation is 1. The molecule has 0 aliphatic heterocycles. The third kappa shape index (κ3) is 2.73. The highest BCUT2D eigenvalue weighted by Gasteiger charge is 2.11. The van der Waals surface area contributed by atoms with Crippen LogP contribution >= 0.6 is 0 Å². The van der Waals surface area contributed by atoms with Crippen molar-refractivity contribution in [3.63, 3.8) is 0 Å². The Kier molecular flexibility index (Phi) is 4.03. The van der Waals surface area contributed by atoms with E-state index >= 15 is 0 Å². The van der Waals surface area contributed by atoms with Crippen molar-refractivity contribution >= 4 is 12.2 Å². The van der Waals surface area contributed by atoms with Crippen LogP contribution in [-0.2, 0) is 0 Å². The molecule has 0 saturated heterocycles. The molecule has 1 aliphatic carbocycles. The SMILES string of the molecule is C=C(CC=C/C=C\C)C1C=c2[nH]cc(C)c2=CC1. The third-order valence-electron chi connectivity index (χ3n) is 3.45. The molecule has 1 nitrogen and oxygen atoms in total. The van der Waals surface area contributed by atoms with Gasteiger partial charge in [0.25, 0.3) is 0 Å². The van der Waals surface area contributed by atoms with Crippen molar-refractivity contribution in [1.29, 1.82) is 0 Å². The van der Waals surface area contributed by atoms with E-state index in [1.165, 1.54) is 21.7 Å². The van der Waals surface area contributed by atoms with Crippen molar-refractivity contribution in [2.75, 3.05) is 0 Å². The van der Waals surface area contributed by atoms with Gasteiger partial charge in [0, 0.05) is 17.5 Å². The number of hydrogen-bond acceptors (Lipinski definition) is 0. The van der Waals surface area contributed by atoms with E-state index in [0.29, 0.717) is 5.92 Å². The van der Waals surface area contributed by atoms with E-state index in [9.17, 15) is 0 Å². The number of nitrogens with one attached hydrogen (secondary N) is 1. The fourth-order valence-corrected chi connectivity index (χ4v) is 2.32. The topological polar surface area (TPSA) is 15.8 Å². The van der Waals surface area contributed by atoms with Crippen LogP contribution in [0, 0.1) is 12.8 Å². The van der Waals surface area contributed by atoms with Crippen LogP contribution < -0.4 is 10.6 Å². The molecular weight excluding hydrogens is 218 g/mol. The lowest BCUT2D eigenvalue weighted by Gasteiger charge is -2.14. The van der Waals surface area contributed by atoms with Gasteiger partial charge in [0.05, 0.1) is 0 Å². The third-order valence-corrected chi connectivity index (χ3v) is 3.45. The van der Waals surface area contributed by atoms with Crippen LogP contribution in [0.25, 0.3) is 12.2 Å². The first kappa shape index (κ1) is 12.7. The van der Waals surface area contributed by atoms with E-state index in [-0.39, 0.29) is 0 Å². The zero-order valence-electron chi connectivity index (χ0n) is 11.2. The average molecular weight is 239 g/mol. The Balaban J connectivity index is 2.09. The minimum atomic E-state index is 0.464. The molecule has 1 unspecified atom stereocenters. The molecule has 0 radical (unpaired) electrons. The van der Waals surface area contributed by atoms with Crippen molar-refractivity contribution in [2.24, 2.45) is 5.92 Å². The maximum atomic E-state index is 4.22. The second kappa shape index (κ2) is 5.72. The van der Waals surface area contributed by atoms with Gasteiger partial charge < -0.3 is 4.98 Å². The van der Waals surface area contributed by atoms with Crippen LogP contribution in [0.3, 0.4) is 0 Å². The highest BCUT2D eigenvalue weighted by Crippen LogP contribution is 2.20. The summed E-state index contributed by atoms with van der Waals surface area (Å²) >= 11 is 0. The van der Waals surface area contributed by atoms with Gasteiger partial charge in [0.2, 0.25) is 0 Å². The monoisotopic (exact) mass is 239 g/mol. The Bertz CT molecular complexity index is 596. The van der Waals surface area contributed by atoms with E-state index in [2.05, 4.69) is 55.1 Å². The summed E-state index contributed by atoms with van der Waals surface area (Å²) in [6.07, 6.45) is 17.1. The fraction of sp³-hybridized carbons (Fsp3) is 0.294. The van der Waals surface area contributed by atoms with Gasteiger partial charge in [-0.1, -0.05) is 48.6 Å². The minimum Gasteiger partial charge on any atom is -0.361 e. The van der Waals surface area contributed by atoms with Crippen LogP contribution in [0.15, 0.2) is 42.7 Å². The molecular formula is C17H21N. The second-order valence-corrected chi connectivity index (χ2v) is 4.83. The normalized spacial score (nSPS) is 18.7. The molecule has 94 valence electrons. The highest BCUT2D eigenvalue weighted by molar-refractivity contribution is 5.45. The summed E-state index contributed by atoms with van der Waals surface area (Å²) in [6, 6.07) is 0. The Hall–Kier alpha value is -1.76. The van der Waals surface area contributed by atoms with Crippen molar-refractivity contribution in [3.05, 3.63) is 58.8 Å². The summed E-state index contributed by atoms with van der Waals surface area (Å²) in [6.45, 7) is 8.39. The molecule has 1 aliphatic rings. The van der Waals surface area contributed by atoms with E-state index in [4.69, 9.17) is 0 Å². The van der Waals surface area contributed by atoms with Crippen LogP contribution in [0.5, 0.6) is 0 Å². The number of aromatic nitrogens is 1. The Labute approximate surface area is 109 Å². The molecule has 0 aromatic carbocycles. The minimum absolute atomic E-state index is 0.464. The molecule has 1 aromatic rings. The zero-order valence-corrected chi connectivity index (χ0v) is 11.2. The average Bonchev–Trinajstić information content (AvgIpc) is 2.76. The maximum Gasteiger partial charge on any atom is 0.0419 e. The Morgan fingerprint density at radius 3 is 3.11 bits per heavy atom. The Morgan fingerprint density at radius 2 is 2.33 bits per heavy atom. The number of hydrogen-bond donors (Lipinski definition) is 1. The molecule has 0 fully saturated rings. The van der Waals surface area contributed by atoms with Gasteiger partial charge in [0.1, 0.15) is 0 Å². The first-order valence-corrected chi connectivity index (χ1v) is 6.54. The lowest BCUT2D eigenvalue weighted by Crippen LogP contribution is -2.29. The summed E-state index contributed by atoms with van der Waals surface area (Å²) in [4.78, 5) is 3.33. The molecule has 0 saturated carbocycles. The number of rotatable bonds is 4. The predicted octanol–water partition coefficient (Wildman–Crippen LogP) is 2.98. The first-order valence-electron chi connectivity index (χ1n) is 6.54. The maximum absolute atomic E-state index is 4.22. The number of fused-ring (bicyclic) bond motifs is 1. The summed E-state index contributed by atoms with van der Waals surface area (Å²) in [5, 5.41) is 2.62. The van der Waals surface area contributed by atoms with Crippen LogP contribution in [0.2, 0.25) is 0 Å². The largest absolute Gasteiger partial charge is 0.361 e. The molecule has 1 N–H and O–H groups in total. The van der Waals surface area contributed by atoms with E-state index in [1.807, 2.05) is 13.0 Å². The summed E-state index contributed by atoms with van der Waals surface area (Å²) < 4.78 is 0. The summed E-state index contributed by atoms with van der Waals surface area (Å²) in [5.74, 6) is 0.464. The second-order valence-electron chi connectivity index (χ2n) is 4.83.